The van der Waals surface area contributed by atoms with E-state index in [2.05, 4.69) is 46.8 Å². The van der Waals surface area contributed by atoms with Gasteiger partial charge >= 0.3 is 0 Å². The van der Waals surface area contributed by atoms with Crippen LogP contribution in [0.2, 0.25) is 0 Å². The van der Waals surface area contributed by atoms with Crippen molar-refractivity contribution >= 4 is 17.6 Å². The van der Waals surface area contributed by atoms with Crippen LogP contribution >= 0.6 is 0 Å². The van der Waals surface area contributed by atoms with Crippen molar-refractivity contribution in [2.24, 2.45) is 0 Å². The van der Waals surface area contributed by atoms with Gasteiger partial charge < -0.3 is 20.3 Å². The fourth-order valence-corrected chi connectivity index (χ4v) is 4.36. The van der Waals surface area contributed by atoms with Gasteiger partial charge in [-0.25, -0.2) is 4.98 Å². The first kappa shape index (κ1) is 25.4. The van der Waals surface area contributed by atoms with Crippen LogP contribution in [0.3, 0.4) is 0 Å². The van der Waals surface area contributed by atoms with Crippen LogP contribution in [-0.4, -0.2) is 47.4 Å². The van der Waals surface area contributed by atoms with E-state index in [1.54, 1.807) is 25.3 Å². The van der Waals surface area contributed by atoms with Crippen molar-refractivity contribution in [2.45, 2.75) is 45.3 Å². The van der Waals surface area contributed by atoms with Crippen LogP contribution in [0.25, 0.3) is 0 Å². The van der Waals surface area contributed by atoms with Gasteiger partial charge in [0.15, 0.2) is 0 Å². The summed E-state index contributed by atoms with van der Waals surface area (Å²) in [5.41, 5.74) is 3.35. The highest BCUT2D eigenvalue weighted by atomic mass is 16.5. The molecule has 0 unspecified atom stereocenters. The Balaban J connectivity index is 1.35. The molecular weight excluding hydrogens is 452 g/mol. The predicted molar refractivity (Wildman–Crippen MR) is 141 cm³/mol. The van der Waals surface area contributed by atoms with Crippen molar-refractivity contribution in [1.29, 1.82) is 0 Å². The van der Waals surface area contributed by atoms with Gasteiger partial charge in [0.05, 0.1) is 12.7 Å². The highest BCUT2D eigenvalue weighted by Gasteiger charge is 2.23. The van der Waals surface area contributed by atoms with E-state index in [1.165, 1.54) is 11.1 Å². The largest absolute Gasteiger partial charge is 0.487 e. The zero-order valence-electron chi connectivity index (χ0n) is 20.9. The first-order chi connectivity index (χ1) is 17.5. The van der Waals surface area contributed by atoms with E-state index >= 15 is 0 Å². The minimum atomic E-state index is -0.505. The molecule has 2 atom stereocenters. The van der Waals surface area contributed by atoms with Gasteiger partial charge in [-0.1, -0.05) is 60.2 Å². The highest BCUT2D eigenvalue weighted by molar-refractivity contribution is 5.94. The monoisotopic (exact) mass is 486 g/mol. The molecule has 0 saturated carbocycles. The number of aryl methyl sites for hydroxylation is 1. The maximum Gasteiger partial charge on any atom is 0.247 e. The molecule has 0 spiro atoms. The third kappa shape index (κ3) is 7.15. The quantitative estimate of drug-likeness (QED) is 0.471. The predicted octanol–water partition coefficient (Wildman–Crippen LogP) is 4.29. The Morgan fingerprint density at radius 1 is 1.08 bits per heavy atom. The van der Waals surface area contributed by atoms with Crippen molar-refractivity contribution in [3.63, 3.8) is 0 Å². The summed E-state index contributed by atoms with van der Waals surface area (Å²) in [7, 11) is 0. The maximum absolute atomic E-state index is 13.2. The summed E-state index contributed by atoms with van der Waals surface area (Å²) in [4.78, 5) is 31.1. The zero-order chi connectivity index (χ0) is 25.3. The number of hydrogen-bond acceptors (Lipinski definition) is 5. The van der Waals surface area contributed by atoms with Gasteiger partial charge in [-0.15, -0.1) is 0 Å². The Morgan fingerprint density at radius 3 is 2.56 bits per heavy atom. The minimum absolute atomic E-state index is 0.0509. The van der Waals surface area contributed by atoms with Crippen molar-refractivity contribution in [2.75, 3.05) is 25.0 Å². The number of nitrogens with one attached hydrogen (secondary N) is 2. The number of amides is 2. The molecule has 188 valence electrons. The van der Waals surface area contributed by atoms with E-state index in [4.69, 9.17) is 4.74 Å². The van der Waals surface area contributed by atoms with Gasteiger partial charge in [-0.05, 0) is 49.4 Å². The number of nitrogens with zero attached hydrogens (tertiary/aromatic N) is 2. The Labute approximate surface area is 212 Å². The first-order valence-electron chi connectivity index (χ1n) is 12.5. The van der Waals surface area contributed by atoms with Gasteiger partial charge in [0.1, 0.15) is 23.7 Å². The lowest BCUT2D eigenvalue weighted by Crippen LogP contribution is -2.43. The normalized spacial score (nSPS) is 16.3. The molecule has 36 heavy (non-hydrogen) atoms. The summed E-state index contributed by atoms with van der Waals surface area (Å²) < 4.78 is 6.03. The van der Waals surface area contributed by atoms with Gasteiger partial charge in [0.2, 0.25) is 11.8 Å². The molecule has 0 aliphatic carbocycles. The van der Waals surface area contributed by atoms with Crippen LogP contribution in [0.15, 0.2) is 72.9 Å². The van der Waals surface area contributed by atoms with Gasteiger partial charge in [-0.2, -0.15) is 0 Å². The molecule has 3 aromatic rings. The Bertz CT molecular complexity index is 1130. The van der Waals surface area contributed by atoms with Crippen molar-refractivity contribution in [3.8, 4) is 5.75 Å². The Kier molecular flexibility index (Phi) is 8.68. The van der Waals surface area contributed by atoms with E-state index < -0.39 is 6.04 Å². The molecule has 1 aliphatic heterocycles. The summed E-state index contributed by atoms with van der Waals surface area (Å²) in [6.07, 6.45) is 4.21. The summed E-state index contributed by atoms with van der Waals surface area (Å²) in [6.45, 7) is 5.68. The number of likely N-dealkylation sites (tertiary alicyclic amines) is 1. The minimum Gasteiger partial charge on any atom is -0.487 e. The van der Waals surface area contributed by atoms with E-state index in [-0.39, 0.29) is 17.9 Å². The number of ether oxygens (including phenoxy) is 1. The topological polar surface area (TPSA) is 83.6 Å². The van der Waals surface area contributed by atoms with E-state index in [9.17, 15) is 9.59 Å². The molecule has 7 heteroatoms. The number of anilines is 1. The lowest BCUT2D eigenvalue weighted by atomic mass is 10.1. The maximum atomic E-state index is 13.2. The zero-order valence-corrected chi connectivity index (χ0v) is 20.9. The first-order valence-corrected chi connectivity index (χ1v) is 12.5. The van der Waals surface area contributed by atoms with E-state index in [1.807, 2.05) is 35.2 Å². The molecule has 1 aromatic heterocycles. The van der Waals surface area contributed by atoms with Crippen LogP contribution in [0, 0.1) is 6.92 Å². The second kappa shape index (κ2) is 12.3. The van der Waals surface area contributed by atoms with Crippen LogP contribution in [-0.2, 0) is 16.0 Å². The van der Waals surface area contributed by atoms with E-state index in [0.29, 0.717) is 24.7 Å². The second-order valence-corrected chi connectivity index (χ2v) is 9.25. The molecule has 1 saturated heterocycles. The van der Waals surface area contributed by atoms with E-state index in [0.717, 1.165) is 31.4 Å². The number of hydrogen-bond donors (Lipinski definition) is 2. The number of rotatable bonds is 9. The molecular formula is C29H34N4O3. The summed E-state index contributed by atoms with van der Waals surface area (Å²) in [5.74, 6) is 0.984. The summed E-state index contributed by atoms with van der Waals surface area (Å²) >= 11 is 0. The van der Waals surface area contributed by atoms with Crippen molar-refractivity contribution in [3.05, 3.63) is 89.6 Å². The van der Waals surface area contributed by atoms with Crippen LogP contribution < -0.4 is 15.4 Å². The lowest BCUT2D eigenvalue weighted by Gasteiger charge is -2.32. The van der Waals surface area contributed by atoms with Gasteiger partial charge in [0.25, 0.3) is 0 Å². The van der Waals surface area contributed by atoms with Crippen molar-refractivity contribution in [1.82, 2.24) is 15.2 Å². The molecule has 0 radical (unpaired) electrons. The fraction of sp³-hybridized carbons (Fsp3) is 0.345. The summed E-state index contributed by atoms with van der Waals surface area (Å²) in [5, 5.41) is 6.33. The molecule has 4 rings (SSSR count). The van der Waals surface area contributed by atoms with Crippen LogP contribution in [0.4, 0.5) is 5.82 Å². The number of benzene rings is 2. The lowest BCUT2D eigenvalue weighted by molar-refractivity contribution is -0.131. The SMILES string of the molecule is CC(=O)N1CCC[C@H](Oc2ccc(NC(=O)[C@H](NCCc3ccc(C)cc3)c3ccccc3)nc2)C1. The molecule has 2 heterocycles. The molecule has 2 N–H and O–H groups in total. The number of carbonyl (C=O) groups is 2. The van der Waals surface area contributed by atoms with Crippen LogP contribution in [0.5, 0.6) is 5.75 Å². The molecule has 1 fully saturated rings. The highest BCUT2D eigenvalue weighted by Crippen LogP contribution is 2.20. The Hall–Kier alpha value is -3.71. The average Bonchev–Trinajstić information content (AvgIpc) is 2.89. The number of aromatic nitrogens is 1. The molecule has 2 aromatic carbocycles. The number of pyridine rings is 1. The molecule has 7 nitrogen and oxygen atoms in total. The third-order valence-electron chi connectivity index (χ3n) is 6.39. The van der Waals surface area contributed by atoms with Gasteiger partial charge in [-0.3, -0.25) is 9.59 Å². The third-order valence-corrected chi connectivity index (χ3v) is 6.39. The van der Waals surface area contributed by atoms with Crippen molar-refractivity contribution < 1.29 is 14.3 Å². The standard InChI is InChI=1S/C29H34N4O3/c1-21-10-12-23(13-11-21)16-17-30-28(24-7-4-3-5-8-24)29(35)32-27-15-14-25(19-31-27)36-26-9-6-18-33(20-26)22(2)34/h3-5,7-8,10-15,19,26,28,30H,6,9,16-18,20H2,1-2H3,(H,31,32,35)/t26-,28+/m0/s1. The molecule has 1 aliphatic rings. The number of carbonyl (C=O) groups excluding carboxylic acids is 2. The second-order valence-electron chi connectivity index (χ2n) is 9.25. The molecule has 2 amide bonds. The smallest absolute Gasteiger partial charge is 0.247 e. The Morgan fingerprint density at radius 2 is 1.86 bits per heavy atom. The van der Waals surface area contributed by atoms with Gasteiger partial charge in [0, 0.05) is 20.0 Å². The molecule has 0 bridgehead atoms. The van der Waals surface area contributed by atoms with Crippen LogP contribution in [0.1, 0.15) is 42.5 Å². The number of piperidine rings is 1. The fourth-order valence-electron chi connectivity index (χ4n) is 4.36. The average molecular weight is 487 g/mol. The summed E-state index contributed by atoms with van der Waals surface area (Å²) in [6, 6.07) is 21.2.